The van der Waals surface area contributed by atoms with Crippen LogP contribution < -0.4 is 14.8 Å². The molecule has 2 amide bonds. The van der Waals surface area contributed by atoms with Gasteiger partial charge in [-0.1, -0.05) is 37.5 Å². The van der Waals surface area contributed by atoms with Crippen LogP contribution in [0, 0.1) is 12.7 Å². The first kappa shape index (κ1) is 27.4. The number of carbonyl (C=O) groups excluding carboxylic acids is 2. The van der Waals surface area contributed by atoms with Crippen molar-refractivity contribution in [1.82, 2.24) is 30.4 Å². The highest BCUT2D eigenvalue weighted by molar-refractivity contribution is 5.88. The minimum atomic E-state index is -1.06. The Morgan fingerprint density at radius 3 is 2.67 bits per heavy atom. The molecule has 3 heterocycles. The van der Waals surface area contributed by atoms with E-state index in [9.17, 15) is 14.0 Å². The summed E-state index contributed by atoms with van der Waals surface area (Å²) < 4.78 is 31.2. The van der Waals surface area contributed by atoms with E-state index in [0.717, 1.165) is 42.5 Å². The number of benzene rings is 2. The highest BCUT2D eigenvalue weighted by Crippen LogP contribution is 2.34. The normalized spacial score (nSPS) is 15.4. The molecule has 12 heteroatoms. The molecule has 0 saturated heterocycles. The zero-order valence-electron chi connectivity index (χ0n) is 23.2. The molecule has 1 aliphatic carbocycles. The van der Waals surface area contributed by atoms with Gasteiger partial charge < -0.3 is 24.1 Å². The number of halogens is 1. The van der Waals surface area contributed by atoms with Gasteiger partial charge in [0.1, 0.15) is 23.9 Å². The molecule has 4 aromatic rings. The second kappa shape index (κ2) is 12.0. The van der Waals surface area contributed by atoms with Crippen LogP contribution >= 0.6 is 0 Å². The SMILES string of the molecule is Cc1ccc([C@@H](C(=O)NC2CCCCC2)N(Cc2ccc3c(c2)OCO3)C(=O)Cn2nnc(-c3ccccc3F)n2)o1. The molecule has 218 valence electrons. The highest BCUT2D eigenvalue weighted by Gasteiger charge is 2.36. The lowest BCUT2D eigenvalue weighted by Gasteiger charge is -2.32. The molecule has 2 aromatic carbocycles. The topological polar surface area (TPSA) is 125 Å². The van der Waals surface area contributed by atoms with Crippen molar-refractivity contribution in [3.8, 4) is 22.9 Å². The maximum atomic E-state index is 14.3. The van der Waals surface area contributed by atoms with Gasteiger partial charge in [0.15, 0.2) is 17.5 Å². The third-order valence-corrected chi connectivity index (χ3v) is 7.50. The van der Waals surface area contributed by atoms with Gasteiger partial charge in [-0.15, -0.1) is 10.2 Å². The lowest BCUT2D eigenvalue weighted by atomic mass is 9.95. The summed E-state index contributed by atoms with van der Waals surface area (Å²) in [6.07, 6.45) is 4.98. The predicted octanol–water partition coefficient (Wildman–Crippen LogP) is 4.33. The highest BCUT2D eigenvalue weighted by atomic mass is 19.1. The molecule has 0 unspecified atom stereocenters. The molecule has 2 aliphatic rings. The molecule has 0 radical (unpaired) electrons. The molecule has 11 nitrogen and oxygen atoms in total. The number of rotatable bonds is 9. The summed E-state index contributed by atoms with van der Waals surface area (Å²) in [5.74, 6) is 0.891. The molecule has 42 heavy (non-hydrogen) atoms. The van der Waals surface area contributed by atoms with E-state index in [1.54, 1.807) is 43.3 Å². The number of aromatic nitrogens is 4. The predicted molar refractivity (Wildman–Crippen MR) is 148 cm³/mol. The minimum Gasteiger partial charge on any atom is -0.464 e. The number of nitrogens with one attached hydrogen (secondary N) is 1. The van der Waals surface area contributed by atoms with Gasteiger partial charge in [-0.05, 0) is 66.9 Å². The quantitative estimate of drug-likeness (QED) is 0.313. The molecule has 1 fully saturated rings. The van der Waals surface area contributed by atoms with Crippen molar-refractivity contribution >= 4 is 11.8 Å². The third-order valence-electron chi connectivity index (χ3n) is 7.50. The van der Waals surface area contributed by atoms with Gasteiger partial charge in [0, 0.05) is 12.6 Å². The number of hydrogen-bond acceptors (Lipinski definition) is 8. The number of furan rings is 1. The fourth-order valence-electron chi connectivity index (χ4n) is 5.38. The van der Waals surface area contributed by atoms with Gasteiger partial charge in [-0.25, -0.2) is 4.39 Å². The van der Waals surface area contributed by atoms with Crippen molar-refractivity contribution < 1.29 is 27.9 Å². The van der Waals surface area contributed by atoms with Gasteiger partial charge in [0.2, 0.25) is 18.5 Å². The number of nitrogens with zero attached hydrogens (tertiary/aromatic N) is 5. The van der Waals surface area contributed by atoms with Crippen molar-refractivity contribution in [3.05, 3.63) is 77.5 Å². The summed E-state index contributed by atoms with van der Waals surface area (Å²) in [5, 5.41) is 15.3. The van der Waals surface area contributed by atoms with E-state index in [2.05, 4.69) is 20.7 Å². The van der Waals surface area contributed by atoms with E-state index in [-0.39, 0.29) is 43.2 Å². The van der Waals surface area contributed by atoms with Gasteiger partial charge in [0.25, 0.3) is 5.91 Å². The van der Waals surface area contributed by atoms with E-state index < -0.39 is 17.8 Å². The number of aryl methyl sites for hydroxylation is 1. The Bertz CT molecular complexity index is 1580. The summed E-state index contributed by atoms with van der Waals surface area (Å²) in [6.45, 7) is 1.63. The van der Waals surface area contributed by atoms with E-state index in [4.69, 9.17) is 13.9 Å². The van der Waals surface area contributed by atoms with Crippen molar-refractivity contribution in [2.75, 3.05) is 6.79 Å². The smallest absolute Gasteiger partial charge is 0.250 e. The minimum absolute atomic E-state index is 0.0209. The van der Waals surface area contributed by atoms with E-state index in [0.29, 0.717) is 23.0 Å². The molecular formula is C30H31FN6O5. The maximum absolute atomic E-state index is 14.3. The summed E-state index contributed by atoms with van der Waals surface area (Å²) in [5.41, 5.74) is 0.897. The zero-order valence-corrected chi connectivity index (χ0v) is 23.2. The fourth-order valence-corrected chi connectivity index (χ4v) is 5.38. The standard InChI is InChI=1S/C30H31FN6O5/c1-19-11-13-25(42-19)28(30(39)32-21-7-3-2-4-8-21)36(16-20-12-14-24-26(15-20)41-18-40-24)27(38)17-37-34-29(33-35-37)22-9-5-6-10-23(22)31/h5-6,9-15,21,28H,2-4,7-8,16-18H2,1H3,(H,32,39)/t28-/m0/s1. The Morgan fingerprint density at radius 2 is 1.88 bits per heavy atom. The molecule has 1 atom stereocenters. The Morgan fingerprint density at radius 1 is 1.07 bits per heavy atom. The largest absolute Gasteiger partial charge is 0.464 e. The summed E-state index contributed by atoms with van der Waals surface area (Å²) in [6, 6.07) is 13.9. The van der Waals surface area contributed by atoms with Crippen LogP contribution in [0.4, 0.5) is 4.39 Å². The molecule has 1 N–H and O–H groups in total. The number of hydrogen-bond donors (Lipinski definition) is 1. The molecule has 1 saturated carbocycles. The van der Waals surface area contributed by atoms with Crippen molar-refractivity contribution in [2.45, 2.75) is 64.2 Å². The average Bonchev–Trinajstić information content (AvgIpc) is 3.75. The number of fused-ring (bicyclic) bond motifs is 1. The lowest BCUT2D eigenvalue weighted by Crippen LogP contribution is -2.47. The Balaban J connectivity index is 1.32. The number of ether oxygens (including phenoxy) is 2. The lowest BCUT2D eigenvalue weighted by molar-refractivity contribution is -0.143. The Hall–Kier alpha value is -4.74. The summed E-state index contributed by atoms with van der Waals surface area (Å²) in [4.78, 5) is 30.5. The van der Waals surface area contributed by atoms with Crippen LogP contribution in [0.15, 0.2) is 59.0 Å². The molecular weight excluding hydrogens is 543 g/mol. The number of amides is 2. The van der Waals surface area contributed by atoms with E-state index in [1.807, 2.05) is 6.07 Å². The summed E-state index contributed by atoms with van der Waals surface area (Å²) in [7, 11) is 0. The monoisotopic (exact) mass is 574 g/mol. The van der Waals surface area contributed by atoms with Gasteiger partial charge in [-0.3, -0.25) is 9.59 Å². The van der Waals surface area contributed by atoms with Crippen molar-refractivity contribution in [2.24, 2.45) is 0 Å². The van der Waals surface area contributed by atoms with Crippen LogP contribution in [0.1, 0.15) is 55.2 Å². The van der Waals surface area contributed by atoms with E-state index >= 15 is 0 Å². The molecule has 1 aliphatic heterocycles. The third kappa shape index (κ3) is 5.97. The zero-order chi connectivity index (χ0) is 29.1. The molecule has 2 aromatic heterocycles. The Labute approximate surface area is 241 Å². The van der Waals surface area contributed by atoms with E-state index in [1.165, 1.54) is 17.0 Å². The van der Waals surface area contributed by atoms with Crippen molar-refractivity contribution in [1.29, 1.82) is 0 Å². The first-order valence-corrected chi connectivity index (χ1v) is 14.0. The number of carbonyl (C=O) groups is 2. The molecule has 0 spiro atoms. The van der Waals surface area contributed by atoms with Crippen molar-refractivity contribution in [3.63, 3.8) is 0 Å². The maximum Gasteiger partial charge on any atom is 0.250 e. The molecule has 6 rings (SSSR count). The van der Waals surface area contributed by atoms with Crippen LogP contribution in [-0.4, -0.2) is 49.8 Å². The van der Waals surface area contributed by atoms with Crippen LogP contribution in [-0.2, 0) is 22.7 Å². The van der Waals surface area contributed by atoms with Gasteiger partial charge in [-0.2, -0.15) is 4.80 Å². The van der Waals surface area contributed by atoms with Gasteiger partial charge in [0.05, 0.1) is 5.56 Å². The van der Waals surface area contributed by atoms with Crippen LogP contribution in [0.2, 0.25) is 0 Å². The van der Waals surface area contributed by atoms with Crippen LogP contribution in [0.25, 0.3) is 11.4 Å². The summed E-state index contributed by atoms with van der Waals surface area (Å²) >= 11 is 0. The van der Waals surface area contributed by atoms with Crippen LogP contribution in [0.5, 0.6) is 11.5 Å². The molecule has 0 bridgehead atoms. The van der Waals surface area contributed by atoms with Crippen LogP contribution in [0.3, 0.4) is 0 Å². The fraction of sp³-hybridized carbons (Fsp3) is 0.367. The average molecular weight is 575 g/mol. The second-order valence-electron chi connectivity index (χ2n) is 10.5. The first-order valence-electron chi connectivity index (χ1n) is 14.0. The Kier molecular flexibility index (Phi) is 7.85. The number of tetrazole rings is 1. The first-order chi connectivity index (χ1) is 20.4. The van der Waals surface area contributed by atoms with Gasteiger partial charge >= 0.3 is 0 Å². The second-order valence-corrected chi connectivity index (χ2v) is 10.5.